The van der Waals surface area contributed by atoms with E-state index in [2.05, 4.69) is 51.5 Å². The third-order valence-electron chi connectivity index (χ3n) is 5.69. The lowest BCUT2D eigenvalue weighted by Crippen LogP contribution is -2.46. The molecular formula is C22H29N3O. The minimum atomic E-state index is 0.364. The summed E-state index contributed by atoms with van der Waals surface area (Å²) in [6, 6.07) is 19.6. The van der Waals surface area contributed by atoms with Crippen molar-refractivity contribution in [3.63, 3.8) is 0 Å². The van der Waals surface area contributed by atoms with Gasteiger partial charge in [-0.15, -0.1) is 0 Å². The Bertz CT molecular complexity index is 698. The molecule has 2 fully saturated rings. The maximum Gasteiger partial charge on any atom is 0.115 e. The standard InChI is InChI=1S/C22H29N3O/c26-22-8-4-5-18(15-22)16-24-12-9-19(10-13-24)23-20-11-14-25(17-20)21-6-2-1-3-7-21/h1-8,15,19-20,23,26H,9-14,16-17H2. The van der Waals surface area contributed by atoms with Gasteiger partial charge in [0.05, 0.1) is 0 Å². The number of likely N-dealkylation sites (tertiary alicyclic amines) is 1. The molecule has 2 aliphatic heterocycles. The molecule has 2 aliphatic rings. The summed E-state index contributed by atoms with van der Waals surface area (Å²) in [5, 5.41) is 13.5. The van der Waals surface area contributed by atoms with Crippen LogP contribution in [0.15, 0.2) is 54.6 Å². The van der Waals surface area contributed by atoms with Crippen molar-refractivity contribution in [2.75, 3.05) is 31.1 Å². The molecule has 138 valence electrons. The van der Waals surface area contributed by atoms with Gasteiger partial charge in [-0.25, -0.2) is 0 Å². The van der Waals surface area contributed by atoms with E-state index in [0.29, 0.717) is 17.8 Å². The minimum Gasteiger partial charge on any atom is -0.508 e. The summed E-state index contributed by atoms with van der Waals surface area (Å²) in [6.07, 6.45) is 3.65. The molecule has 4 heteroatoms. The predicted octanol–water partition coefficient (Wildman–Crippen LogP) is 3.23. The van der Waals surface area contributed by atoms with Crippen molar-refractivity contribution in [1.29, 1.82) is 0 Å². The highest BCUT2D eigenvalue weighted by atomic mass is 16.3. The molecule has 4 rings (SSSR count). The molecule has 0 aromatic heterocycles. The summed E-state index contributed by atoms with van der Waals surface area (Å²) in [4.78, 5) is 4.99. The van der Waals surface area contributed by atoms with Crippen LogP contribution in [0.1, 0.15) is 24.8 Å². The van der Waals surface area contributed by atoms with Crippen molar-refractivity contribution < 1.29 is 5.11 Å². The van der Waals surface area contributed by atoms with Crippen LogP contribution in [-0.2, 0) is 6.54 Å². The highest BCUT2D eigenvalue weighted by molar-refractivity contribution is 5.47. The minimum absolute atomic E-state index is 0.364. The molecule has 2 heterocycles. The lowest BCUT2D eigenvalue weighted by atomic mass is 10.0. The normalized spacial score (nSPS) is 22.0. The second kappa shape index (κ2) is 8.11. The molecule has 2 saturated heterocycles. The number of nitrogens with one attached hydrogen (secondary N) is 1. The zero-order valence-corrected chi connectivity index (χ0v) is 15.3. The number of phenolic OH excluding ortho intramolecular Hbond substituents is 1. The first-order chi connectivity index (χ1) is 12.8. The number of benzene rings is 2. The van der Waals surface area contributed by atoms with Gasteiger partial charge in [0, 0.05) is 37.4 Å². The van der Waals surface area contributed by atoms with Gasteiger partial charge >= 0.3 is 0 Å². The third-order valence-corrected chi connectivity index (χ3v) is 5.69. The number of anilines is 1. The molecule has 0 aliphatic carbocycles. The van der Waals surface area contributed by atoms with E-state index >= 15 is 0 Å². The van der Waals surface area contributed by atoms with Crippen LogP contribution < -0.4 is 10.2 Å². The highest BCUT2D eigenvalue weighted by Crippen LogP contribution is 2.22. The monoisotopic (exact) mass is 351 g/mol. The molecule has 26 heavy (non-hydrogen) atoms. The Morgan fingerprint density at radius 2 is 1.65 bits per heavy atom. The zero-order valence-electron chi connectivity index (χ0n) is 15.3. The Morgan fingerprint density at radius 1 is 0.885 bits per heavy atom. The van der Waals surface area contributed by atoms with E-state index in [4.69, 9.17) is 0 Å². The van der Waals surface area contributed by atoms with Crippen LogP contribution in [0.4, 0.5) is 5.69 Å². The Morgan fingerprint density at radius 3 is 2.42 bits per heavy atom. The zero-order chi connectivity index (χ0) is 17.8. The summed E-state index contributed by atoms with van der Waals surface area (Å²) in [7, 11) is 0. The molecule has 1 unspecified atom stereocenters. The summed E-state index contributed by atoms with van der Waals surface area (Å²) >= 11 is 0. The fourth-order valence-electron chi connectivity index (χ4n) is 4.27. The van der Waals surface area contributed by atoms with Crippen molar-refractivity contribution in [1.82, 2.24) is 10.2 Å². The summed E-state index contributed by atoms with van der Waals surface area (Å²) in [5.41, 5.74) is 2.54. The number of rotatable bonds is 5. The Kier molecular flexibility index (Phi) is 5.42. The van der Waals surface area contributed by atoms with Gasteiger partial charge in [-0.2, -0.15) is 0 Å². The molecule has 0 radical (unpaired) electrons. The number of hydrogen-bond donors (Lipinski definition) is 2. The Labute approximate surface area is 156 Å². The maximum atomic E-state index is 9.62. The molecule has 2 aromatic rings. The van der Waals surface area contributed by atoms with Crippen molar-refractivity contribution in [2.24, 2.45) is 0 Å². The Balaban J connectivity index is 1.22. The molecule has 2 aromatic carbocycles. The Hall–Kier alpha value is -2.04. The van der Waals surface area contributed by atoms with Crippen LogP contribution in [0.3, 0.4) is 0 Å². The largest absolute Gasteiger partial charge is 0.508 e. The van der Waals surface area contributed by atoms with Crippen LogP contribution in [0.5, 0.6) is 5.75 Å². The number of piperidine rings is 1. The topological polar surface area (TPSA) is 38.7 Å². The van der Waals surface area contributed by atoms with E-state index in [0.717, 1.165) is 32.7 Å². The fourth-order valence-corrected chi connectivity index (χ4v) is 4.27. The van der Waals surface area contributed by atoms with Gasteiger partial charge in [-0.1, -0.05) is 30.3 Å². The SMILES string of the molecule is Oc1cccc(CN2CCC(NC3CCN(c4ccccc4)C3)CC2)c1. The summed E-state index contributed by atoms with van der Waals surface area (Å²) < 4.78 is 0. The van der Waals surface area contributed by atoms with Gasteiger partial charge in [0.1, 0.15) is 5.75 Å². The smallest absolute Gasteiger partial charge is 0.115 e. The number of hydrogen-bond acceptors (Lipinski definition) is 4. The predicted molar refractivity (Wildman–Crippen MR) is 107 cm³/mol. The quantitative estimate of drug-likeness (QED) is 0.868. The number of aromatic hydroxyl groups is 1. The second-order valence-electron chi connectivity index (χ2n) is 7.65. The molecule has 4 nitrogen and oxygen atoms in total. The first-order valence-electron chi connectivity index (χ1n) is 9.82. The fraction of sp³-hybridized carbons (Fsp3) is 0.455. The van der Waals surface area contributed by atoms with Crippen LogP contribution in [-0.4, -0.2) is 48.3 Å². The molecular weight excluding hydrogens is 322 g/mol. The number of phenols is 1. The van der Waals surface area contributed by atoms with Crippen LogP contribution in [0, 0.1) is 0 Å². The molecule has 1 atom stereocenters. The van der Waals surface area contributed by atoms with E-state index < -0.39 is 0 Å². The van der Waals surface area contributed by atoms with Gasteiger partial charge < -0.3 is 15.3 Å². The summed E-state index contributed by atoms with van der Waals surface area (Å²) in [6.45, 7) is 5.46. The van der Waals surface area contributed by atoms with Gasteiger partial charge in [0.15, 0.2) is 0 Å². The number of nitrogens with zero attached hydrogens (tertiary/aromatic N) is 2. The third kappa shape index (κ3) is 4.37. The van der Waals surface area contributed by atoms with Crippen molar-refractivity contribution in [2.45, 2.75) is 37.9 Å². The molecule has 0 amide bonds. The molecule has 2 N–H and O–H groups in total. The van der Waals surface area contributed by atoms with Crippen molar-refractivity contribution >= 4 is 5.69 Å². The maximum absolute atomic E-state index is 9.62. The van der Waals surface area contributed by atoms with E-state index in [1.54, 1.807) is 6.07 Å². The lowest BCUT2D eigenvalue weighted by molar-refractivity contribution is 0.185. The van der Waals surface area contributed by atoms with E-state index in [9.17, 15) is 5.11 Å². The van der Waals surface area contributed by atoms with Crippen LogP contribution in [0.2, 0.25) is 0 Å². The number of para-hydroxylation sites is 1. The van der Waals surface area contributed by atoms with Gasteiger partial charge in [0.25, 0.3) is 0 Å². The average Bonchev–Trinajstić information content (AvgIpc) is 3.13. The molecule has 0 bridgehead atoms. The first-order valence-corrected chi connectivity index (χ1v) is 9.82. The van der Waals surface area contributed by atoms with Crippen LogP contribution >= 0.6 is 0 Å². The average molecular weight is 351 g/mol. The summed E-state index contributed by atoms with van der Waals surface area (Å²) in [5.74, 6) is 0.364. The van der Waals surface area contributed by atoms with Crippen molar-refractivity contribution in [3.05, 3.63) is 60.2 Å². The van der Waals surface area contributed by atoms with Crippen molar-refractivity contribution in [3.8, 4) is 5.75 Å². The molecule has 0 saturated carbocycles. The van der Waals surface area contributed by atoms with E-state index in [-0.39, 0.29) is 0 Å². The van der Waals surface area contributed by atoms with Gasteiger partial charge in [-0.3, -0.25) is 4.90 Å². The lowest BCUT2D eigenvalue weighted by Gasteiger charge is -2.34. The van der Waals surface area contributed by atoms with Gasteiger partial charge in [0.2, 0.25) is 0 Å². The van der Waals surface area contributed by atoms with Gasteiger partial charge in [-0.05, 0) is 62.2 Å². The second-order valence-corrected chi connectivity index (χ2v) is 7.65. The van der Waals surface area contributed by atoms with E-state index in [1.165, 1.54) is 30.5 Å². The first kappa shape index (κ1) is 17.4. The molecule has 0 spiro atoms. The van der Waals surface area contributed by atoms with Crippen LogP contribution in [0.25, 0.3) is 0 Å². The highest BCUT2D eigenvalue weighted by Gasteiger charge is 2.26. The van der Waals surface area contributed by atoms with E-state index in [1.807, 2.05) is 12.1 Å².